The third kappa shape index (κ3) is 5.16. The molecule has 1 atom stereocenters. The van der Waals surface area contributed by atoms with Crippen molar-refractivity contribution in [3.8, 4) is 11.3 Å². The maximum Gasteiger partial charge on any atom is 0.251 e. The number of ether oxygens (including phenoxy) is 1. The smallest absolute Gasteiger partial charge is 0.251 e. The van der Waals surface area contributed by atoms with Gasteiger partial charge in [0, 0.05) is 31.6 Å². The lowest BCUT2D eigenvalue weighted by atomic mass is 10.1. The Hall–Kier alpha value is -2.14. The summed E-state index contributed by atoms with van der Waals surface area (Å²) in [6, 6.07) is 11.9. The number of amides is 1. The van der Waals surface area contributed by atoms with Crippen LogP contribution in [0.25, 0.3) is 11.3 Å². The fourth-order valence-electron chi connectivity index (χ4n) is 2.72. The van der Waals surface area contributed by atoms with Crippen molar-refractivity contribution in [3.63, 3.8) is 0 Å². The molecule has 0 radical (unpaired) electrons. The molecule has 1 aromatic heterocycles. The zero-order valence-corrected chi connectivity index (χ0v) is 15.0. The largest absolute Gasteiger partial charge is 0.368 e. The Bertz CT molecular complexity index is 679. The van der Waals surface area contributed by atoms with E-state index < -0.39 is 0 Å². The topological polar surface area (TPSA) is 55.6 Å². The van der Waals surface area contributed by atoms with E-state index >= 15 is 0 Å². The molecule has 25 heavy (non-hydrogen) atoms. The van der Waals surface area contributed by atoms with Crippen molar-refractivity contribution < 1.29 is 14.1 Å². The molecule has 1 saturated carbocycles. The second kappa shape index (κ2) is 8.30. The second-order valence-electron chi connectivity index (χ2n) is 6.83. The van der Waals surface area contributed by atoms with Crippen molar-refractivity contribution >= 4 is 5.91 Å². The molecule has 0 N–H and O–H groups in total. The van der Waals surface area contributed by atoms with E-state index in [0.29, 0.717) is 19.1 Å². The first-order valence-electron chi connectivity index (χ1n) is 9.01. The second-order valence-corrected chi connectivity index (χ2v) is 6.83. The monoisotopic (exact) mass is 342 g/mol. The Kier molecular flexibility index (Phi) is 5.87. The van der Waals surface area contributed by atoms with Gasteiger partial charge in [-0.1, -0.05) is 35.5 Å². The van der Waals surface area contributed by atoms with Crippen LogP contribution in [0.4, 0.5) is 0 Å². The van der Waals surface area contributed by atoms with Gasteiger partial charge in [0.2, 0.25) is 0 Å². The van der Waals surface area contributed by atoms with E-state index in [9.17, 15) is 4.79 Å². The SMILES string of the molecule is CC(OCC1CC1)C(=O)N(C)CCCc1cc(-c2ccccc2)no1. The van der Waals surface area contributed by atoms with E-state index in [-0.39, 0.29) is 12.0 Å². The predicted octanol–water partition coefficient (Wildman–Crippen LogP) is 3.55. The van der Waals surface area contributed by atoms with Crippen LogP contribution in [0.15, 0.2) is 40.9 Å². The van der Waals surface area contributed by atoms with Crippen LogP contribution in [0.3, 0.4) is 0 Å². The van der Waals surface area contributed by atoms with Crippen LogP contribution in [-0.2, 0) is 16.0 Å². The molecule has 1 aliphatic rings. The number of likely N-dealkylation sites (N-methyl/N-ethyl adjacent to an activating group) is 1. The lowest BCUT2D eigenvalue weighted by Crippen LogP contribution is -2.37. The molecule has 2 aromatic rings. The van der Waals surface area contributed by atoms with Crippen molar-refractivity contribution in [2.24, 2.45) is 5.92 Å². The number of aryl methyl sites for hydroxylation is 1. The van der Waals surface area contributed by atoms with Gasteiger partial charge < -0.3 is 14.2 Å². The molecule has 1 aliphatic carbocycles. The third-order valence-corrected chi connectivity index (χ3v) is 4.55. The summed E-state index contributed by atoms with van der Waals surface area (Å²) in [4.78, 5) is 14.0. The molecule has 0 saturated heterocycles. The van der Waals surface area contributed by atoms with Crippen molar-refractivity contribution in [1.82, 2.24) is 10.1 Å². The van der Waals surface area contributed by atoms with E-state index in [4.69, 9.17) is 9.26 Å². The summed E-state index contributed by atoms with van der Waals surface area (Å²) in [7, 11) is 1.83. The Morgan fingerprint density at radius 1 is 1.36 bits per heavy atom. The van der Waals surface area contributed by atoms with Gasteiger partial charge in [0.05, 0.1) is 6.61 Å². The summed E-state index contributed by atoms with van der Waals surface area (Å²) in [5, 5.41) is 4.12. The van der Waals surface area contributed by atoms with Crippen LogP contribution >= 0.6 is 0 Å². The van der Waals surface area contributed by atoms with Gasteiger partial charge in [-0.3, -0.25) is 4.79 Å². The van der Waals surface area contributed by atoms with Crippen LogP contribution < -0.4 is 0 Å². The lowest BCUT2D eigenvalue weighted by molar-refractivity contribution is -0.141. The molecular formula is C20H26N2O3. The predicted molar refractivity (Wildman–Crippen MR) is 96.0 cm³/mol. The molecule has 1 unspecified atom stereocenters. The summed E-state index contributed by atoms with van der Waals surface area (Å²) < 4.78 is 11.0. The fraction of sp³-hybridized carbons (Fsp3) is 0.500. The first-order valence-corrected chi connectivity index (χ1v) is 9.01. The maximum atomic E-state index is 12.3. The van der Waals surface area contributed by atoms with Crippen molar-refractivity contribution in [2.75, 3.05) is 20.2 Å². The van der Waals surface area contributed by atoms with Crippen LogP contribution in [-0.4, -0.2) is 42.3 Å². The Morgan fingerprint density at radius 2 is 2.12 bits per heavy atom. The summed E-state index contributed by atoms with van der Waals surface area (Å²) >= 11 is 0. The third-order valence-electron chi connectivity index (χ3n) is 4.55. The van der Waals surface area contributed by atoms with Gasteiger partial charge in [-0.25, -0.2) is 0 Å². The number of carbonyl (C=O) groups is 1. The highest BCUT2D eigenvalue weighted by molar-refractivity contribution is 5.80. The molecule has 134 valence electrons. The number of benzene rings is 1. The average molecular weight is 342 g/mol. The maximum absolute atomic E-state index is 12.3. The van der Waals surface area contributed by atoms with Gasteiger partial charge in [-0.2, -0.15) is 0 Å². The van der Waals surface area contributed by atoms with Gasteiger partial charge in [-0.15, -0.1) is 0 Å². The van der Waals surface area contributed by atoms with E-state index in [1.54, 1.807) is 4.90 Å². The first kappa shape index (κ1) is 17.7. The standard InChI is InChI=1S/C20H26N2O3/c1-15(24-14-16-10-11-16)20(23)22(2)12-6-9-18-13-19(21-25-18)17-7-4-3-5-8-17/h3-5,7-8,13,15-16H,6,9-12,14H2,1-2H3. The van der Waals surface area contributed by atoms with E-state index in [2.05, 4.69) is 5.16 Å². The van der Waals surface area contributed by atoms with E-state index in [0.717, 1.165) is 29.9 Å². The van der Waals surface area contributed by atoms with Crippen LogP contribution in [0.5, 0.6) is 0 Å². The van der Waals surface area contributed by atoms with Crippen molar-refractivity contribution in [2.45, 2.75) is 38.7 Å². The van der Waals surface area contributed by atoms with Crippen molar-refractivity contribution in [3.05, 3.63) is 42.2 Å². The highest BCUT2D eigenvalue weighted by Gasteiger charge is 2.25. The number of carbonyl (C=O) groups excluding carboxylic acids is 1. The minimum absolute atomic E-state index is 0.0446. The highest BCUT2D eigenvalue weighted by atomic mass is 16.5. The highest BCUT2D eigenvalue weighted by Crippen LogP contribution is 2.29. The molecule has 0 bridgehead atoms. The molecule has 1 fully saturated rings. The Morgan fingerprint density at radius 3 is 2.84 bits per heavy atom. The van der Waals surface area contributed by atoms with Gasteiger partial charge in [0.15, 0.2) is 0 Å². The van der Waals surface area contributed by atoms with Gasteiger partial charge in [0.1, 0.15) is 17.6 Å². The van der Waals surface area contributed by atoms with E-state index in [1.807, 2.05) is 50.4 Å². The quantitative estimate of drug-likeness (QED) is 0.699. The van der Waals surface area contributed by atoms with E-state index in [1.165, 1.54) is 12.8 Å². The normalized spacial score (nSPS) is 15.1. The van der Waals surface area contributed by atoms with Crippen LogP contribution in [0.2, 0.25) is 0 Å². The summed E-state index contributed by atoms with van der Waals surface area (Å²) in [5.41, 5.74) is 1.90. The number of aromatic nitrogens is 1. The number of hydrogen-bond donors (Lipinski definition) is 0. The number of nitrogens with zero attached hydrogens (tertiary/aromatic N) is 2. The van der Waals surface area contributed by atoms with Gasteiger partial charge >= 0.3 is 0 Å². The number of rotatable bonds is 9. The van der Waals surface area contributed by atoms with Gasteiger partial charge in [0.25, 0.3) is 5.91 Å². The molecule has 5 heteroatoms. The summed E-state index contributed by atoms with van der Waals surface area (Å²) in [6.07, 6.45) is 3.70. The van der Waals surface area contributed by atoms with Gasteiger partial charge in [-0.05, 0) is 32.1 Å². The molecule has 3 rings (SSSR count). The zero-order valence-electron chi connectivity index (χ0n) is 15.0. The first-order chi connectivity index (χ1) is 12.1. The van der Waals surface area contributed by atoms with Crippen LogP contribution in [0, 0.1) is 5.92 Å². The molecule has 0 aliphatic heterocycles. The molecule has 1 aromatic carbocycles. The lowest BCUT2D eigenvalue weighted by Gasteiger charge is -2.21. The number of hydrogen-bond acceptors (Lipinski definition) is 4. The molecular weight excluding hydrogens is 316 g/mol. The van der Waals surface area contributed by atoms with Crippen LogP contribution in [0.1, 0.15) is 31.9 Å². The molecule has 1 heterocycles. The van der Waals surface area contributed by atoms with Crippen molar-refractivity contribution in [1.29, 1.82) is 0 Å². The summed E-state index contributed by atoms with van der Waals surface area (Å²) in [5.74, 6) is 1.56. The Labute approximate surface area is 148 Å². The molecule has 5 nitrogen and oxygen atoms in total. The summed E-state index contributed by atoms with van der Waals surface area (Å²) in [6.45, 7) is 3.22. The molecule has 1 amide bonds. The fourth-order valence-corrected chi connectivity index (χ4v) is 2.72. The Balaban J connectivity index is 1.41. The zero-order chi connectivity index (χ0) is 17.6. The minimum atomic E-state index is -0.361. The molecule has 0 spiro atoms. The average Bonchev–Trinajstić information content (AvgIpc) is 3.36. The minimum Gasteiger partial charge on any atom is -0.368 e.